The molecule has 68 valence electrons. The Hall–Kier alpha value is -0.0800. The lowest BCUT2D eigenvalue weighted by atomic mass is 9.52. The normalized spacial score (nSPS) is 54.5. The SMILES string of the molecule is OC12CCCC3(CC3)C1(O)CC2. The highest BCUT2D eigenvalue weighted by Crippen LogP contribution is 2.70. The quantitative estimate of drug-likeness (QED) is 0.570. The lowest BCUT2D eigenvalue weighted by molar-refractivity contribution is -0.274. The molecule has 3 aliphatic rings. The standard InChI is InChI=1S/C10H16O2/c11-9-3-1-2-8(4-5-8)10(9,12)7-6-9/h11-12H,1-7H2. The van der Waals surface area contributed by atoms with Gasteiger partial charge in [0.05, 0.1) is 11.2 Å². The molecule has 3 aliphatic carbocycles. The maximum Gasteiger partial charge on any atom is 0.0990 e. The van der Waals surface area contributed by atoms with Crippen LogP contribution in [0.3, 0.4) is 0 Å². The third-order valence-corrected chi connectivity index (χ3v) is 4.65. The van der Waals surface area contributed by atoms with Crippen LogP contribution in [0.2, 0.25) is 0 Å². The van der Waals surface area contributed by atoms with E-state index in [0.29, 0.717) is 0 Å². The summed E-state index contributed by atoms with van der Waals surface area (Å²) in [5.41, 5.74) is -1.22. The van der Waals surface area contributed by atoms with E-state index in [2.05, 4.69) is 0 Å². The maximum atomic E-state index is 10.3. The summed E-state index contributed by atoms with van der Waals surface area (Å²) in [6.45, 7) is 0. The highest BCUT2D eigenvalue weighted by Gasteiger charge is 2.73. The molecule has 2 N–H and O–H groups in total. The topological polar surface area (TPSA) is 40.5 Å². The van der Waals surface area contributed by atoms with E-state index in [-0.39, 0.29) is 5.41 Å². The molecule has 0 heterocycles. The van der Waals surface area contributed by atoms with E-state index in [1.54, 1.807) is 0 Å². The van der Waals surface area contributed by atoms with Gasteiger partial charge < -0.3 is 10.2 Å². The van der Waals surface area contributed by atoms with Gasteiger partial charge in [0.2, 0.25) is 0 Å². The van der Waals surface area contributed by atoms with Gasteiger partial charge in [0.1, 0.15) is 0 Å². The average Bonchev–Trinajstić information content (AvgIpc) is 2.80. The van der Waals surface area contributed by atoms with Crippen LogP contribution in [0.15, 0.2) is 0 Å². The molecule has 0 aromatic carbocycles. The fraction of sp³-hybridized carbons (Fsp3) is 1.00. The Morgan fingerprint density at radius 2 is 1.50 bits per heavy atom. The maximum absolute atomic E-state index is 10.3. The van der Waals surface area contributed by atoms with E-state index in [9.17, 15) is 10.2 Å². The molecule has 0 aliphatic heterocycles. The van der Waals surface area contributed by atoms with Crippen LogP contribution in [-0.4, -0.2) is 21.4 Å². The minimum absolute atomic E-state index is 0.151. The van der Waals surface area contributed by atoms with Crippen LogP contribution < -0.4 is 0 Å². The summed E-state index contributed by atoms with van der Waals surface area (Å²) in [4.78, 5) is 0. The largest absolute Gasteiger partial charge is 0.387 e. The monoisotopic (exact) mass is 168 g/mol. The first kappa shape index (κ1) is 7.34. The summed E-state index contributed by atoms with van der Waals surface area (Å²) in [7, 11) is 0. The summed E-state index contributed by atoms with van der Waals surface area (Å²) in [5, 5.41) is 20.4. The number of fused-ring (bicyclic) bond motifs is 2. The van der Waals surface area contributed by atoms with E-state index < -0.39 is 11.2 Å². The highest BCUT2D eigenvalue weighted by atomic mass is 16.4. The van der Waals surface area contributed by atoms with Crippen molar-refractivity contribution in [2.24, 2.45) is 5.41 Å². The molecule has 2 unspecified atom stereocenters. The molecule has 3 fully saturated rings. The van der Waals surface area contributed by atoms with Gasteiger partial charge in [-0.2, -0.15) is 0 Å². The van der Waals surface area contributed by atoms with Crippen LogP contribution >= 0.6 is 0 Å². The molecular formula is C10H16O2. The van der Waals surface area contributed by atoms with Crippen molar-refractivity contribution in [2.45, 2.75) is 56.1 Å². The summed E-state index contributed by atoms with van der Waals surface area (Å²) >= 11 is 0. The van der Waals surface area contributed by atoms with Gasteiger partial charge >= 0.3 is 0 Å². The zero-order chi connectivity index (χ0) is 8.45. The Morgan fingerprint density at radius 1 is 0.750 bits per heavy atom. The summed E-state index contributed by atoms with van der Waals surface area (Å²) in [6, 6.07) is 0. The molecule has 3 rings (SSSR count). The minimum Gasteiger partial charge on any atom is -0.387 e. The van der Waals surface area contributed by atoms with Crippen LogP contribution in [0.25, 0.3) is 0 Å². The van der Waals surface area contributed by atoms with Crippen molar-refractivity contribution < 1.29 is 10.2 Å². The zero-order valence-corrected chi connectivity index (χ0v) is 7.34. The van der Waals surface area contributed by atoms with Gasteiger partial charge in [0.15, 0.2) is 0 Å². The molecule has 12 heavy (non-hydrogen) atoms. The van der Waals surface area contributed by atoms with Crippen LogP contribution in [0.1, 0.15) is 44.9 Å². The van der Waals surface area contributed by atoms with Crippen molar-refractivity contribution in [3.05, 3.63) is 0 Å². The molecule has 0 amide bonds. The number of hydrogen-bond acceptors (Lipinski definition) is 2. The van der Waals surface area contributed by atoms with E-state index in [1.165, 1.54) is 0 Å². The Balaban J connectivity index is 2.00. The molecule has 2 nitrogen and oxygen atoms in total. The smallest absolute Gasteiger partial charge is 0.0990 e. The Labute approximate surface area is 72.6 Å². The second kappa shape index (κ2) is 1.73. The van der Waals surface area contributed by atoms with Gasteiger partial charge in [-0.1, -0.05) is 0 Å². The number of aliphatic hydroxyl groups is 2. The van der Waals surface area contributed by atoms with Crippen LogP contribution in [0.5, 0.6) is 0 Å². The summed E-state index contributed by atoms with van der Waals surface area (Å²) in [6.07, 6.45) is 7.03. The highest BCUT2D eigenvalue weighted by molar-refractivity contribution is 5.24. The Morgan fingerprint density at radius 3 is 1.92 bits per heavy atom. The lowest BCUT2D eigenvalue weighted by Crippen LogP contribution is -2.69. The molecular weight excluding hydrogens is 152 g/mol. The van der Waals surface area contributed by atoms with Crippen molar-refractivity contribution in [1.82, 2.24) is 0 Å². The molecule has 0 radical (unpaired) electrons. The zero-order valence-electron chi connectivity index (χ0n) is 7.34. The molecule has 0 aromatic heterocycles. The predicted molar refractivity (Wildman–Crippen MR) is 44.7 cm³/mol. The number of hydrogen-bond donors (Lipinski definition) is 2. The van der Waals surface area contributed by atoms with Gasteiger partial charge in [-0.15, -0.1) is 0 Å². The van der Waals surface area contributed by atoms with Gasteiger partial charge in [0.25, 0.3) is 0 Å². The average molecular weight is 168 g/mol. The molecule has 1 spiro atoms. The third kappa shape index (κ3) is 0.549. The van der Waals surface area contributed by atoms with Crippen LogP contribution in [-0.2, 0) is 0 Å². The molecule has 2 atom stereocenters. The Bertz CT molecular complexity index is 226. The van der Waals surface area contributed by atoms with E-state index >= 15 is 0 Å². The molecule has 0 bridgehead atoms. The van der Waals surface area contributed by atoms with E-state index in [4.69, 9.17) is 0 Å². The van der Waals surface area contributed by atoms with Gasteiger partial charge in [-0.05, 0) is 44.9 Å². The molecule has 2 heteroatoms. The van der Waals surface area contributed by atoms with Crippen LogP contribution in [0, 0.1) is 5.41 Å². The second-order valence-electron chi connectivity index (χ2n) is 5.03. The summed E-state index contributed by atoms with van der Waals surface area (Å²) in [5.74, 6) is 0. The van der Waals surface area contributed by atoms with E-state index in [1.807, 2.05) is 0 Å². The van der Waals surface area contributed by atoms with E-state index in [0.717, 1.165) is 44.9 Å². The van der Waals surface area contributed by atoms with Crippen molar-refractivity contribution in [3.8, 4) is 0 Å². The minimum atomic E-state index is -0.693. The molecule has 3 saturated carbocycles. The molecule has 0 aromatic rings. The lowest BCUT2D eigenvalue weighted by Gasteiger charge is -2.60. The van der Waals surface area contributed by atoms with Gasteiger partial charge in [0, 0.05) is 5.41 Å². The van der Waals surface area contributed by atoms with Crippen molar-refractivity contribution in [2.75, 3.05) is 0 Å². The van der Waals surface area contributed by atoms with Crippen molar-refractivity contribution in [3.63, 3.8) is 0 Å². The van der Waals surface area contributed by atoms with Crippen LogP contribution in [0.4, 0.5) is 0 Å². The first-order valence-electron chi connectivity index (χ1n) is 5.07. The fourth-order valence-corrected chi connectivity index (χ4v) is 3.48. The van der Waals surface area contributed by atoms with Gasteiger partial charge in [-0.3, -0.25) is 0 Å². The third-order valence-electron chi connectivity index (χ3n) is 4.65. The van der Waals surface area contributed by atoms with Crippen molar-refractivity contribution >= 4 is 0 Å². The van der Waals surface area contributed by atoms with Gasteiger partial charge in [-0.25, -0.2) is 0 Å². The Kier molecular flexibility index (Phi) is 1.06. The fourth-order valence-electron chi connectivity index (χ4n) is 3.48. The van der Waals surface area contributed by atoms with Crippen molar-refractivity contribution in [1.29, 1.82) is 0 Å². The summed E-state index contributed by atoms with van der Waals surface area (Å²) < 4.78 is 0. The second-order valence-corrected chi connectivity index (χ2v) is 5.03. The first-order valence-corrected chi connectivity index (χ1v) is 5.07. The first-order chi connectivity index (χ1) is 5.62. The number of rotatable bonds is 0. The molecule has 0 saturated heterocycles. The predicted octanol–water partition coefficient (Wildman–Crippen LogP) is 1.21.